The number of aryl methyl sites for hydroxylation is 1. The van der Waals surface area contributed by atoms with Crippen LogP contribution in [0.2, 0.25) is 0 Å². The van der Waals surface area contributed by atoms with Crippen molar-refractivity contribution in [2.24, 2.45) is 5.41 Å². The lowest BCUT2D eigenvalue weighted by atomic mass is 9.87. The van der Waals surface area contributed by atoms with Crippen LogP contribution in [0.15, 0.2) is 72.8 Å². The highest BCUT2D eigenvalue weighted by molar-refractivity contribution is 5.64. The largest absolute Gasteiger partial charge is 0.369 e. The van der Waals surface area contributed by atoms with Gasteiger partial charge >= 0.3 is 0 Å². The Kier molecular flexibility index (Phi) is 25.7. The number of hydrogen-bond acceptors (Lipinski definition) is 3. The first kappa shape index (κ1) is 49.4. The molecular formula is C49H85N3. The van der Waals surface area contributed by atoms with E-state index in [1.54, 1.807) is 0 Å². The Morgan fingerprint density at radius 1 is 0.596 bits per heavy atom. The van der Waals surface area contributed by atoms with E-state index < -0.39 is 0 Å². The second kappa shape index (κ2) is 27.0. The van der Waals surface area contributed by atoms with Gasteiger partial charge in [0.1, 0.15) is 0 Å². The lowest BCUT2D eigenvalue weighted by Crippen LogP contribution is -2.48. The van der Waals surface area contributed by atoms with Gasteiger partial charge in [-0.3, -0.25) is 4.90 Å². The fourth-order valence-corrected chi connectivity index (χ4v) is 6.21. The van der Waals surface area contributed by atoms with Crippen LogP contribution < -0.4 is 4.90 Å². The molecule has 0 spiro atoms. The van der Waals surface area contributed by atoms with E-state index in [0.29, 0.717) is 11.3 Å². The van der Waals surface area contributed by atoms with Gasteiger partial charge in [-0.2, -0.15) is 0 Å². The third-order valence-electron chi connectivity index (χ3n) is 9.25. The normalized spacial score (nSPS) is 13.2. The molecule has 3 aromatic rings. The smallest absolute Gasteiger partial charge is 0.0367 e. The molecule has 1 aliphatic rings. The van der Waals surface area contributed by atoms with Gasteiger partial charge in [0.05, 0.1) is 0 Å². The summed E-state index contributed by atoms with van der Waals surface area (Å²) in [6.07, 6.45) is 5.17. The Hall–Kier alpha value is -2.62. The van der Waals surface area contributed by atoms with Crippen LogP contribution in [0, 0.1) is 12.3 Å². The maximum Gasteiger partial charge on any atom is 0.0367 e. The Bertz CT molecular complexity index is 1230. The van der Waals surface area contributed by atoms with Gasteiger partial charge in [-0.1, -0.05) is 177 Å². The summed E-state index contributed by atoms with van der Waals surface area (Å²) in [5.74, 6) is 0.604. The van der Waals surface area contributed by atoms with Gasteiger partial charge in [0, 0.05) is 45.0 Å². The van der Waals surface area contributed by atoms with Crippen LogP contribution in [-0.4, -0.2) is 62.2 Å². The second-order valence-electron chi connectivity index (χ2n) is 16.4. The van der Waals surface area contributed by atoms with E-state index in [2.05, 4.69) is 171 Å². The third-order valence-corrected chi connectivity index (χ3v) is 9.25. The monoisotopic (exact) mass is 716 g/mol. The molecule has 3 aromatic carbocycles. The number of nitrogens with zero attached hydrogens (tertiary/aromatic N) is 3. The molecule has 0 atom stereocenters. The topological polar surface area (TPSA) is 9.72 Å². The summed E-state index contributed by atoms with van der Waals surface area (Å²) in [7, 11) is 0. The molecule has 52 heavy (non-hydrogen) atoms. The zero-order valence-electron chi connectivity index (χ0n) is 37.3. The van der Waals surface area contributed by atoms with Crippen LogP contribution in [0.4, 0.5) is 5.69 Å². The molecular weight excluding hydrogens is 631 g/mol. The summed E-state index contributed by atoms with van der Waals surface area (Å²) in [6.45, 7) is 44.6. The Labute approximate surface area is 325 Å². The fourth-order valence-electron chi connectivity index (χ4n) is 6.21. The van der Waals surface area contributed by atoms with Crippen molar-refractivity contribution in [2.45, 2.75) is 148 Å². The minimum atomic E-state index is 0.236. The number of rotatable bonds is 11. The number of benzene rings is 3. The van der Waals surface area contributed by atoms with E-state index in [9.17, 15) is 0 Å². The van der Waals surface area contributed by atoms with Crippen molar-refractivity contribution in [2.75, 3.05) is 57.3 Å². The van der Waals surface area contributed by atoms with Crippen LogP contribution >= 0.6 is 0 Å². The van der Waals surface area contributed by atoms with Gasteiger partial charge in [0.15, 0.2) is 0 Å². The van der Waals surface area contributed by atoms with Crippen molar-refractivity contribution < 1.29 is 0 Å². The van der Waals surface area contributed by atoms with E-state index in [4.69, 9.17) is 0 Å². The van der Waals surface area contributed by atoms with E-state index >= 15 is 0 Å². The zero-order chi connectivity index (χ0) is 39.7. The lowest BCUT2D eigenvalue weighted by molar-refractivity contribution is 0.196. The first-order chi connectivity index (χ1) is 24.7. The minimum absolute atomic E-state index is 0.236. The lowest BCUT2D eigenvalue weighted by Gasteiger charge is -2.37. The van der Waals surface area contributed by atoms with Crippen molar-refractivity contribution in [1.29, 1.82) is 0 Å². The average Bonchev–Trinajstić information content (AvgIpc) is 3.13. The molecule has 1 aliphatic heterocycles. The predicted molar refractivity (Wildman–Crippen MR) is 239 cm³/mol. The van der Waals surface area contributed by atoms with Crippen molar-refractivity contribution in [3.05, 3.63) is 89.5 Å². The molecule has 0 unspecified atom stereocenters. The summed E-state index contributed by atoms with van der Waals surface area (Å²) in [6, 6.07) is 26.8. The molecule has 0 aliphatic carbocycles. The highest BCUT2D eigenvalue weighted by Gasteiger charge is 2.19. The van der Waals surface area contributed by atoms with Crippen molar-refractivity contribution in [1.82, 2.24) is 9.80 Å². The van der Waals surface area contributed by atoms with Gasteiger partial charge in [0.2, 0.25) is 0 Å². The molecule has 1 saturated heterocycles. The van der Waals surface area contributed by atoms with E-state index in [1.807, 2.05) is 27.7 Å². The van der Waals surface area contributed by atoms with Crippen molar-refractivity contribution in [3.8, 4) is 11.1 Å². The first-order valence-corrected chi connectivity index (χ1v) is 21.1. The van der Waals surface area contributed by atoms with Crippen molar-refractivity contribution in [3.63, 3.8) is 0 Å². The first-order valence-electron chi connectivity index (χ1n) is 21.1. The summed E-state index contributed by atoms with van der Waals surface area (Å²) in [5, 5.41) is 0. The van der Waals surface area contributed by atoms with Gasteiger partial charge in [0.25, 0.3) is 0 Å². The molecule has 3 nitrogen and oxygen atoms in total. The molecule has 296 valence electrons. The van der Waals surface area contributed by atoms with Gasteiger partial charge < -0.3 is 9.80 Å². The van der Waals surface area contributed by atoms with Crippen LogP contribution in [0.1, 0.15) is 152 Å². The molecule has 0 aromatic heterocycles. The Balaban J connectivity index is 0.000000820. The van der Waals surface area contributed by atoms with Crippen LogP contribution in [0.25, 0.3) is 11.1 Å². The number of hydrogen-bond donors (Lipinski definition) is 0. The quantitative estimate of drug-likeness (QED) is 0.196. The van der Waals surface area contributed by atoms with Crippen LogP contribution in [0.3, 0.4) is 0 Å². The fraction of sp³-hybridized carbons (Fsp3) is 0.633. The van der Waals surface area contributed by atoms with Gasteiger partial charge in [-0.05, 0) is 90.4 Å². The SMILES string of the molecule is CC.CC.CCCC(C)(C)C.CCCN(CCC)CCN1CCN(c2ccc(C(C)(C)C)cc2)CC1.Cc1ccc(-c2ccc(C(C)C)cc2)cc1. The summed E-state index contributed by atoms with van der Waals surface area (Å²) < 4.78 is 0. The molecule has 4 rings (SSSR count). The molecule has 0 amide bonds. The molecule has 3 heteroatoms. The molecule has 1 heterocycles. The Morgan fingerprint density at radius 3 is 1.42 bits per heavy atom. The maximum absolute atomic E-state index is 2.64. The Morgan fingerprint density at radius 2 is 1.06 bits per heavy atom. The summed E-state index contributed by atoms with van der Waals surface area (Å²) in [5.41, 5.74) is 8.88. The number of piperazine rings is 1. The molecule has 0 radical (unpaired) electrons. The average molecular weight is 716 g/mol. The highest BCUT2D eigenvalue weighted by Crippen LogP contribution is 2.26. The molecule has 0 bridgehead atoms. The standard InChI is InChI=1S/C22H39N3.C16H18.C7H16.2C2H6/c1-6-12-23(13-7-2)14-15-24-16-18-25(19-17-24)21-10-8-20(9-11-21)22(3,4)5;1-12(2)14-8-10-16(11-9-14)15-6-4-13(3)5-7-15;1-5-6-7(2,3)4;2*1-2/h8-11H,6-7,12-19H2,1-5H3;4-12H,1-3H3;5-6H2,1-4H3;2*1-2H3. The molecule has 0 N–H and O–H groups in total. The predicted octanol–water partition coefficient (Wildman–Crippen LogP) is 13.9. The highest BCUT2D eigenvalue weighted by atomic mass is 15.3. The van der Waals surface area contributed by atoms with Crippen molar-refractivity contribution >= 4 is 5.69 Å². The summed E-state index contributed by atoms with van der Waals surface area (Å²) in [4.78, 5) is 7.80. The van der Waals surface area contributed by atoms with E-state index in [-0.39, 0.29) is 5.41 Å². The van der Waals surface area contributed by atoms with Gasteiger partial charge in [-0.15, -0.1) is 0 Å². The van der Waals surface area contributed by atoms with E-state index in [0.717, 1.165) is 13.1 Å². The van der Waals surface area contributed by atoms with Crippen LogP contribution in [0.5, 0.6) is 0 Å². The number of anilines is 1. The third kappa shape index (κ3) is 20.6. The van der Waals surface area contributed by atoms with Gasteiger partial charge in [-0.25, -0.2) is 0 Å². The van der Waals surface area contributed by atoms with E-state index in [1.165, 1.54) is 98.5 Å². The minimum Gasteiger partial charge on any atom is -0.369 e. The second-order valence-corrected chi connectivity index (χ2v) is 16.4. The van der Waals surface area contributed by atoms with Crippen LogP contribution in [-0.2, 0) is 5.41 Å². The zero-order valence-corrected chi connectivity index (χ0v) is 37.3. The molecule has 1 fully saturated rings. The summed E-state index contributed by atoms with van der Waals surface area (Å²) >= 11 is 0. The molecule has 0 saturated carbocycles. The maximum atomic E-state index is 2.64.